The van der Waals surface area contributed by atoms with Gasteiger partial charge in [-0.2, -0.15) is 0 Å². The molecule has 0 aromatic carbocycles. The van der Waals surface area contributed by atoms with Crippen molar-refractivity contribution in [3.8, 4) is 0 Å². The molecule has 1 aliphatic rings. The van der Waals surface area contributed by atoms with Crippen molar-refractivity contribution in [3.63, 3.8) is 0 Å². The minimum atomic E-state index is -0.0347. The first-order valence-corrected chi connectivity index (χ1v) is 6.62. The van der Waals surface area contributed by atoms with Crippen LogP contribution in [0.25, 0.3) is 0 Å². The highest BCUT2D eigenvalue weighted by molar-refractivity contribution is 9.10. The molecule has 16 heavy (non-hydrogen) atoms. The van der Waals surface area contributed by atoms with Gasteiger partial charge in [-0.15, -0.1) is 0 Å². The number of rotatable bonds is 3. The number of nitrogens with zero attached hydrogens (tertiary/aromatic N) is 1. The Hall–Kier alpha value is -0.610. The Balaban J connectivity index is 1.88. The maximum Gasteiger partial charge on any atom is 0.126 e. The first kappa shape index (κ1) is 11.9. The first-order chi connectivity index (χ1) is 7.68. The minimum absolute atomic E-state index is 0.0347. The lowest BCUT2D eigenvalue weighted by Gasteiger charge is -2.33. The molecule has 0 spiro atoms. The van der Waals surface area contributed by atoms with Gasteiger partial charge in [-0.3, -0.25) is 0 Å². The predicted octanol–water partition coefficient (Wildman–Crippen LogP) is 2.92. The van der Waals surface area contributed by atoms with Gasteiger partial charge in [0.25, 0.3) is 0 Å². The molecule has 0 atom stereocenters. The summed E-state index contributed by atoms with van der Waals surface area (Å²) >= 11 is 3.37. The fourth-order valence-electron chi connectivity index (χ4n) is 2.18. The van der Waals surface area contributed by atoms with Crippen LogP contribution in [0.1, 0.15) is 32.1 Å². The van der Waals surface area contributed by atoms with Gasteiger partial charge in [-0.25, -0.2) is 4.98 Å². The molecule has 0 aliphatic heterocycles. The number of hydrogen-bond donors (Lipinski definition) is 2. The van der Waals surface area contributed by atoms with E-state index < -0.39 is 0 Å². The number of nitrogens with one attached hydrogen (secondary N) is 1. The molecule has 0 unspecified atom stereocenters. The summed E-state index contributed by atoms with van der Waals surface area (Å²) in [5, 5.41) is 3.33. The Morgan fingerprint density at radius 2 is 2.06 bits per heavy atom. The Labute approximate surface area is 105 Å². The van der Waals surface area contributed by atoms with Crippen molar-refractivity contribution in [3.05, 3.63) is 22.8 Å². The van der Waals surface area contributed by atoms with Crippen LogP contribution in [0.5, 0.6) is 0 Å². The van der Waals surface area contributed by atoms with E-state index in [0.29, 0.717) is 0 Å². The fraction of sp³-hybridized carbons (Fsp3) is 0.583. The van der Waals surface area contributed by atoms with Gasteiger partial charge < -0.3 is 11.1 Å². The summed E-state index contributed by atoms with van der Waals surface area (Å²) in [5.74, 6) is 0.901. The zero-order valence-electron chi connectivity index (χ0n) is 9.38. The number of nitrogens with two attached hydrogens (primary N) is 1. The van der Waals surface area contributed by atoms with E-state index in [9.17, 15) is 0 Å². The van der Waals surface area contributed by atoms with Crippen molar-refractivity contribution in [1.29, 1.82) is 0 Å². The van der Waals surface area contributed by atoms with E-state index in [2.05, 4.69) is 26.2 Å². The number of hydrogen-bond acceptors (Lipinski definition) is 3. The van der Waals surface area contributed by atoms with Crippen molar-refractivity contribution >= 4 is 21.7 Å². The lowest BCUT2D eigenvalue weighted by Crippen LogP contribution is -2.47. The summed E-state index contributed by atoms with van der Waals surface area (Å²) in [4.78, 5) is 4.28. The maximum atomic E-state index is 6.34. The van der Waals surface area contributed by atoms with E-state index in [-0.39, 0.29) is 5.54 Å². The van der Waals surface area contributed by atoms with Gasteiger partial charge in [0.2, 0.25) is 0 Å². The third-order valence-corrected chi connectivity index (χ3v) is 3.67. The van der Waals surface area contributed by atoms with Crippen molar-refractivity contribution in [1.82, 2.24) is 4.98 Å². The van der Waals surface area contributed by atoms with Crippen LogP contribution in [-0.4, -0.2) is 17.1 Å². The molecule has 1 aliphatic carbocycles. The lowest BCUT2D eigenvalue weighted by molar-refractivity contribution is 0.311. The van der Waals surface area contributed by atoms with Crippen LogP contribution >= 0.6 is 15.9 Å². The van der Waals surface area contributed by atoms with E-state index in [1.54, 1.807) is 6.20 Å². The largest absolute Gasteiger partial charge is 0.368 e. The Bertz CT molecular complexity index is 331. The molecule has 3 nitrogen and oxygen atoms in total. The normalized spacial score (nSPS) is 19.4. The summed E-state index contributed by atoms with van der Waals surface area (Å²) in [6.45, 7) is 0.821. The molecule has 0 radical (unpaired) electrons. The Morgan fingerprint density at radius 3 is 2.69 bits per heavy atom. The second kappa shape index (κ2) is 5.15. The van der Waals surface area contributed by atoms with Gasteiger partial charge in [-0.1, -0.05) is 19.3 Å². The third kappa shape index (κ3) is 3.19. The highest BCUT2D eigenvalue weighted by Gasteiger charge is 2.26. The molecule has 3 N–H and O–H groups in total. The molecule has 1 aromatic rings. The number of pyridine rings is 1. The molecule has 88 valence electrons. The van der Waals surface area contributed by atoms with Crippen molar-refractivity contribution in [2.45, 2.75) is 37.6 Å². The average molecular weight is 284 g/mol. The maximum absolute atomic E-state index is 6.34. The van der Waals surface area contributed by atoms with Crippen LogP contribution < -0.4 is 11.1 Å². The summed E-state index contributed by atoms with van der Waals surface area (Å²) in [6.07, 6.45) is 7.88. The summed E-state index contributed by atoms with van der Waals surface area (Å²) in [7, 11) is 0. The molecule has 0 saturated heterocycles. The highest BCUT2D eigenvalue weighted by Crippen LogP contribution is 2.26. The topological polar surface area (TPSA) is 50.9 Å². The first-order valence-electron chi connectivity index (χ1n) is 5.82. The van der Waals surface area contributed by atoms with Gasteiger partial charge in [0.05, 0.1) is 0 Å². The fourth-order valence-corrected chi connectivity index (χ4v) is 2.41. The number of anilines is 1. The molecule has 1 heterocycles. The number of halogens is 1. The van der Waals surface area contributed by atoms with Crippen molar-refractivity contribution < 1.29 is 0 Å². The van der Waals surface area contributed by atoms with E-state index >= 15 is 0 Å². The molecular weight excluding hydrogens is 266 g/mol. The zero-order valence-corrected chi connectivity index (χ0v) is 11.0. The minimum Gasteiger partial charge on any atom is -0.368 e. The van der Waals surface area contributed by atoms with Gasteiger partial charge in [0.1, 0.15) is 5.82 Å². The van der Waals surface area contributed by atoms with E-state index in [4.69, 9.17) is 5.73 Å². The lowest BCUT2D eigenvalue weighted by atomic mass is 9.82. The molecular formula is C12H18BrN3. The molecule has 2 rings (SSSR count). The van der Waals surface area contributed by atoms with Crippen LogP contribution in [0.3, 0.4) is 0 Å². The number of aromatic nitrogens is 1. The van der Waals surface area contributed by atoms with Gasteiger partial charge >= 0.3 is 0 Å². The smallest absolute Gasteiger partial charge is 0.126 e. The zero-order chi connectivity index (χ0) is 11.4. The highest BCUT2D eigenvalue weighted by atomic mass is 79.9. The van der Waals surface area contributed by atoms with Crippen LogP contribution in [0, 0.1) is 0 Å². The van der Waals surface area contributed by atoms with Crippen LogP contribution in [-0.2, 0) is 0 Å². The van der Waals surface area contributed by atoms with E-state index in [1.807, 2.05) is 12.1 Å². The molecule has 1 saturated carbocycles. The summed E-state index contributed by atoms with van der Waals surface area (Å²) in [5.41, 5.74) is 6.30. The predicted molar refractivity (Wildman–Crippen MR) is 70.4 cm³/mol. The second-order valence-corrected chi connectivity index (χ2v) is 5.55. The summed E-state index contributed by atoms with van der Waals surface area (Å²) in [6, 6.07) is 3.95. The van der Waals surface area contributed by atoms with Gasteiger partial charge in [0, 0.05) is 22.8 Å². The second-order valence-electron chi connectivity index (χ2n) is 4.64. The van der Waals surface area contributed by atoms with Crippen molar-refractivity contribution in [2.75, 3.05) is 11.9 Å². The van der Waals surface area contributed by atoms with Crippen molar-refractivity contribution in [2.24, 2.45) is 5.73 Å². The molecule has 1 fully saturated rings. The van der Waals surface area contributed by atoms with Gasteiger partial charge in [0.15, 0.2) is 0 Å². The Kier molecular flexibility index (Phi) is 3.82. The van der Waals surface area contributed by atoms with E-state index in [0.717, 1.165) is 29.7 Å². The quantitative estimate of drug-likeness (QED) is 0.897. The molecule has 4 heteroatoms. The monoisotopic (exact) mass is 283 g/mol. The standard InChI is InChI=1S/C12H18BrN3/c13-10-4-5-11(15-8-10)16-9-12(14)6-2-1-3-7-12/h4-5,8H,1-3,6-7,9,14H2,(H,15,16). The van der Waals surface area contributed by atoms with Crippen LogP contribution in [0.2, 0.25) is 0 Å². The summed E-state index contributed by atoms with van der Waals surface area (Å²) < 4.78 is 0.998. The average Bonchev–Trinajstić information content (AvgIpc) is 2.29. The van der Waals surface area contributed by atoms with E-state index in [1.165, 1.54) is 19.3 Å². The van der Waals surface area contributed by atoms with Crippen LogP contribution in [0.4, 0.5) is 5.82 Å². The third-order valence-electron chi connectivity index (χ3n) is 3.20. The van der Waals surface area contributed by atoms with Crippen LogP contribution in [0.15, 0.2) is 22.8 Å². The molecule has 0 bridgehead atoms. The molecule has 1 aromatic heterocycles. The Morgan fingerprint density at radius 1 is 1.31 bits per heavy atom. The van der Waals surface area contributed by atoms with Gasteiger partial charge in [-0.05, 0) is 40.9 Å². The SMILES string of the molecule is NC1(CNc2ccc(Br)cn2)CCCCC1. The molecule has 0 amide bonds.